The molecule has 2 aromatic carbocycles. The van der Waals surface area contributed by atoms with Crippen molar-refractivity contribution in [2.75, 3.05) is 37.6 Å². The molecule has 27 heavy (non-hydrogen) atoms. The third-order valence-electron chi connectivity index (χ3n) is 6.48. The zero-order valence-electron chi connectivity index (χ0n) is 15.8. The second-order valence-corrected chi connectivity index (χ2v) is 8.09. The average molecular weight is 361 g/mol. The Kier molecular flexibility index (Phi) is 4.36. The Balaban J connectivity index is 1.21. The van der Waals surface area contributed by atoms with Crippen LogP contribution in [0, 0.1) is 0 Å². The Hall–Kier alpha value is -2.33. The van der Waals surface area contributed by atoms with Gasteiger partial charge in [0.15, 0.2) is 0 Å². The Bertz CT molecular complexity index is 807. The van der Waals surface area contributed by atoms with E-state index < -0.39 is 0 Å². The van der Waals surface area contributed by atoms with Crippen LogP contribution in [-0.4, -0.2) is 60.5 Å². The number of nitrogens with zero attached hydrogens (tertiary/aromatic N) is 3. The Morgan fingerprint density at radius 2 is 1.56 bits per heavy atom. The lowest BCUT2D eigenvalue weighted by Gasteiger charge is -2.43. The number of likely N-dealkylation sites (tertiary alicyclic amines) is 1. The van der Waals surface area contributed by atoms with E-state index in [0.29, 0.717) is 12.1 Å². The number of para-hydroxylation sites is 1. The second kappa shape index (κ2) is 7.01. The van der Waals surface area contributed by atoms with Crippen LogP contribution in [0.2, 0.25) is 0 Å². The minimum absolute atomic E-state index is 0.211. The van der Waals surface area contributed by atoms with Gasteiger partial charge in [-0.3, -0.25) is 9.69 Å². The van der Waals surface area contributed by atoms with Crippen molar-refractivity contribution in [3.8, 4) is 0 Å². The van der Waals surface area contributed by atoms with Gasteiger partial charge in [0.1, 0.15) is 0 Å². The number of anilines is 1. The van der Waals surface area contributed by atoms with Crippen molar-refractivity contribution in [3.05, 3.63) is 65.7 Å². The van der Waals surface area contributed by atoms with E-state index in [1.807, 2.05) is 23.1 Å². The van der Waals surface area contributed by atoms with Crippen LogP contribution >= 0.6 is 0 Å². The first-order chi connectivity index (χ1) is 13.3. The highest BCUT2D eigenvalue weighted by molar-refractivity contribution is 5.96. The van der Waals surface area contributed by atoms with Gasteiger partial charge in [-0.25, -0.2) is 0 Å². The van der Waals surface area contributed by atoms with Gasteiger partial charge >= 0.3 is 0 Å². The van der Waals surface area contributed by atoms with Crippen LogP contribution in [0.25, 0.3) is 0 Å². The van der Waals surface area contributed by atoms with E-state index in [1.165, 1.54) is 24.1 Å². The minimum Gasteiger partial charge on any atom is -0.363 e. The number of hydrogen-bond donors (Lipinski definition) is 0. The van der Waals surface area contributed by atoms with Gasteiger partial charge in [-0.2, -0.15) is 0 Å². The van der Waals surface area contributed by atoms with Crippen LogP contribution in [0.3, 0.4) is 0 Å². The van der Waals surface area contributed by atoms with E-state index in [-0.39, 0.29) is 5.91 Å². The van der Waals surface area contributed by atoms with E-state index >= 15 is 0 Å². The molecule has 140 valence electrons. The van der Waals surface area contributed by atoms with Crippen LogP contribution in [0.1, 0.15) is 28.8 Å². The molecule has 2 atom stereocenters. The largest absolute Gasteiger partial charge is 0.363 e. The van der Waals surface area contributed by atoms with Gasteiger partial charge in [0.2, 0.25) is 0 Å². The lowest BCUT2D eigenvalue weighted by atomic mass is 9.99. The van der Waals surface area contributed by atoms with Gasteiger partial charge < -0.3 is 9.80 Å². The lowest BCUT2D eigenvalue weighted by Crippen LogP contribution is -2.55. The van der Waals surface area contributed by atoms with E-state index in [0.717, 1.165) is 44.7 Å². The number of fused-ring (bicyclic) bond motifs is 3. The Labute approximate surface area is 161 Å². The normalized spacial score (nSPS) is 25.0. The zero-order chi connectivity index (χ0) is 18.2. The molecule has 3 aliphatic rings. The third kappa shape index (κ3) is 3.12. The van der Waals surface area contributed by atoms with Gasteiger partial charge in [-0.05, 0) is 43.0 Å². The average Bonchev–Trinajstić information content (AvgIpc) is 2.98. The van der Waals surface area contributed by atoms with Crippen LogP contribution in [0.5, 0.6) is 0 Å². The van der Waals surface area contributed by atoms with Gasteiger partial charge in [-0.1, -0.05) is 36.4 Å². The van der Waals surface area contributed by atoms with Crippen LogP contribution in [0.15, 0.2) is 54.6 Å². The van der Waals surface area contributed by atoms with Gasteiger partial charge in [-0.15, -0.1) is 0 Å². The molecule has 2 fully saturated rings. The molecule has 0 radical (unpaired) electrons. The fraction of sp³-hybridized carbons (Fsp3) is 0.435. The van der Waals surface area contributed by atoms with E-state index in [9.17, 15) is 4.79 Å². The molecule has 0 spiro atoms. The number of carbonyl (C=O) groups is 1. The van der Waals surface area contributed by atoms with Crippen molar-refractivity contribution in [2.24, 2.45) is 0 Å². The highest BCUT2D eigenvalue weighted by atomic mass is 16.2. The summed E-state index contributed by atoms with van der Waals surface area (Å²) >= 11 is 0. The summed E-state index contributed by atoms with van der Waals surface area (Å²) in [7, 11) is 0. The Morgan fingerprint density at radius 1 is 0.852 bits per heavy atom. The molecule has 3 heterocycles. The molecule has 2 unspecified atom stereocenters. The molecule has 5 rings (SSSR count). The van der Waals surface area contributed by atoms with Gasteiger partial charge in [0.25, 0.3) is 5.91 Å². The zero-order valence-corrected chi connectivity index (χ0v) is 15.8. The molecule has 0 N–H and O–H groups in total. The summed E-state index contributed by atoms with van der Waals surface area (Å²) in [6.07, 6.45) is 3.55. The molecule has 0 aliphatic carbocycles. The van der Waals surface area contributed by atoms with Gasteiger partial charge in [0, 0.05) is 56.1 Å². The van der Waals surface area contributed by atoms with Crippen molar-refractivity contribution >= 4 is 11.6 Å². The lowest BCUT2D eigenvalue weighted by molar-refractivity contribution is 0.0712. The fourth-order valence-electron chi connectivity index (χ4n) is 5.14. The molecule has 0 saturated carbocycles. The molecule has 2 saturated heterocycles. The van der Waals surface area contributed by atoms with E-state index in [4.69, 9.17) is 0 Å². The summed E-state index contributed by atoms with van der Waals surface area (Å²) in [5.74, 6) is 0.211. The first-order valence-electron chi connectivity index (χ1n) is 10.2. The summed E-state index contributed by atoms with van der Waals surface area (Å²) in [6, 6.07) is 20.2. The summed E-state index contributed by atoms with van der Waals surface area (Å²) in [6.45, 7) is 4.92. The summed E-state index contributed by atoms with van der Waals surface area (Å²) in [5.41, 5.74) is 3.47. The SMILES string of the molecule is O=C1c2ccccc2CCN1CCN1CC2CCC(C1)N2c1ccccc1. The van der Waals surface area contributed by atoms with Crippen molar-refractivity contribution in [1.29, 1.82) is 0 Å². The first kappa shape index (κ1) is 16.8. The molecule has 4 heteroatoms. The highest BCUT2D eigenvalue weighted by Gasteiger charge is 2.39. The topological polar surface area (TPSA) is 26.8 Å². The maximum Gasteiger partial charge on any atom is 0.254 e. The number of hydrogen-bond acceptors (Lipinski definition) is 3. The molecule has 4 nitrogen and oxygen atoms in total. The molecular formula is C23H27N3O. The van der Waals surface area contributed by atoms with Crippen molar-refractivity contribution in [3.63, 3.8) is 0 Å². The summed E-state index contributed by atoms with van der Waals surface area (Å²) in [5, 5.41) is 0. The Morgan fingerprint density at radius 3 is 2.33 bits per heavy atom. The maximum atomic E-state index is 12.8. The summed E-state index contributed by atoms with van der Waals surface area (Å²) < 4.78 is 0. The maximum absolute atomic E-state index is 12.8. The van der Waals surface area contributed by atoms with Crippen LogP contribution in [-0.2, 0) is 6.42 Å². The standard InChI is InChI=1S/C23H27N3O/c27-23-22-9-5-4-6-18(22)12-13-25(23)15-14-24-16-20-10-11-21(17-24)26(20)19-7-2-1-3-8-19/h1-9,20-21H,10-17H2. The second-order valence-electron chi connectivity index (χ2n) is 8.09. The number of carbonyl (C=O) groups excluding carboxylic acids is 1. The van der Waals surface area contributed by atoms with Crippen molar-refractivity contribution < 1.29 is 4.79 Å². The quantitative estimate of drug-likeness (QED) is 0.837. The van der Waals surface area contributed by atoms with E-state index in [2.05, 4.69) is 46.2 Å². The predicted molar refractivity (Wildman–Crippen MR) is 108 cm³/mol. The highest BCUT2D eigenvalue weighted by Crippen LogP contribution is 2.34. The fourth-order valence-corrected chi connectivity index (χ4v) is 5.14. The van der Waals surface area contributed by atoms with Crippen molar-refractivity contribution in [2.45, 2.75) is 31.3 Å². The van der Waals surface area contributed by atoms with Crippen LogP contribution in [0.4, 0.5) is 5.69 Å². The number of rotatable bonds is 4. The first-order valence-corrected chi connectivity index (χ1v) is 10.2. The predicted octanol–water partition coefficient (Wildman–Crippen LogP) is 3.04. The molecule has 3 aliphatic heterocycles. The monoisotopic (exact) mass is 361 g/mol. The smallest absolute Gasteiger partial charge is 0.254 e. The van der Waals surface area contributed by atoms with Crippen molar-refractivity contribution in [1.82, 2.24) is 9.80 Å². The van der Waals surface area contributed by atoms with E-state index in [1.54, 1.807) is 0 Å². The van der Waals surface area contributed by atoms with Gasteiger partial charge in [0.05, 0.1) is 0 Å². The number of amides is 1. The summed E-state index contributed by atoms with van der Waals surface area (Å²) in [4.78, 5) is 20.0. The minimum atomic E-state index is 0.211. The third-order valence-corrected chi connectivity index (χ3v) is 6.48. The molecule has 0 aromatic heterocycles. The molecule has 2 aromatic rings. The molecule has 1 amide bonds. The van der Waals surface area contributed by atoms with Crippen LogP contribution < -0.4 is 4.90 Å². The number of piperazine rings is 1. The molecule has 2 bridgehead atoms. The molecular weight excluding hydrogens is 334 g/mol. The number of benzene rings is 2.